The van der Waals surface area contributed by atoms with Crippen molar-refractivity contribution in [1.82, 2.24) is 10.2 Å². The molecule has 2 aromatic rings. The minimum atomic E-state index is -3.55. The van der Waals surface area contributed by atoms with E-state index in [1.807, 2.05) is 51.1 Å². The number of nitrogens with one attached hydrogen (secondary N) is 1. The van der Waals surface area contributed by atoms with Crippen LogP contribution < -0.4 is 14.4 Å². The molecule has 0 aliphatic carbocycles. The van der Waals surface area contributed by atoms with Crippen molar-refractivity contribution in [3.8, 4) is 5.75 Å². The Morgan fingerprint density at radius 2 is 1.62 bits per heavy atom. The van der Waals surface area contributed by atoms with Crippen LogP contribution in [0.25, 0.3) is 0 Å². The third-order valence-corrected chi connectivity index (χ3v) is 7.58. The minimum absolute atomic E-state index is 0.0143. The van der Waals surface area contributed by atoms with E-state index in [0.717, 1.165) is 18.2 Å². The predicted octanol–water partition coefficient (Wildman–Crippen LogP) is 4.01. The molecule has 0 saturated heterocycles. The van der Waals surface area contributed by atoms with E-state index in [0.29, 0.717) is 37.2 Å². The van der Waals surface area contributed by atoms with Crippen LogP contribution in [0.3, 0.4) is 0 Å². The van der Waals surface area contributed by atoms with E-state index in [1.54, 1.807) is 36.3 Å². The van der Waals surface area contributed by atoms with Gasteiger partial charge in [-0.05, 0) is 62.4 Å². The topological polar surface area (TPSA) is 96.0 Å². The molecule has 9 heteroatoms. The molecule has 0 fully saturated rings. The summed E-state index contributed by atoms with van der Waals surface area (Å²) in [7, 11) is -2.00. The summed E-state index contributed by atoms with van der Waals surface area (Å²) in [5.74, 6) is 0.308. The standard InChI is InChI=1S/C28H41N3O5S/c1-6-22(3)29-28(33)26(7-2)30(21-19-23-12-9-8-10-13-23)27(32)14-11-20-31(37(5,34)35)24-15-17-25(36-4)18-16-24/h8-10,12-13,15-18,22,26H,6-7,11,14,19-21H2,1-5H3,(H,29,33)/t22-,26-/m0/s1. The summed E-state index contributed by atoms with van der Waals surface area (Å²) < 4.78 is 31.4. The van der Waals surface area contributed by atoms with Crippen LogP contribution >= 0.6 is 0 Å². The van der Waals surface area contributed by atoms with Crippen LogP contribution in [-0.4, -0.2) is 63.7 Å². The number of sulfonamides is 1. The first-order chi connectivity index (χ1) is 17.6. The Hall–Kier alpha value is -3.07. The van der Waals surface area contributed by atoms with Crippen LogP contribution in [0.1, 0.15) is 52.0 Å². The molecule has 0 aliphatic rings. The summed E-state index contributed by atoms with van der Waals surface area (Å²) in [4.78, 5) is 28.1. The van der Waals surface area contributed by atoms with E-state index in [9.17, 15) is 18.0 Å². The van der Waals surface area contributed by atoms with Crippen molar-refractivity contribution in [2.24, 2.45) is 0 Å². The first-order valence-corrected chi connectivity index (χ1v) is 14.7. The van der Waals surface area contributed by atoms with Gasteiger partial charge in [0.1, 0.15) is 11.8 Å². The third kappa shape index (κ3) is 9.39. The van der Waals surface area contributed by atoms with Crippen LogP contribution in [0.15, 0.2) is 54.6 Å². The Labute approximate surface area is 222 Å². The molecular weight excluding hydrogens is 490 g/mol. The van der Waals surface area contributed by atoms with Gasteiger partial charge in [0.25, 0.3) is 0 Å². The minimum Gasteiger partial charge on any atom is -0.497 e. The van der Waals surface area contributed by atoms with Crippen molar-refractivity contribution >= 4 is 27.5 Å². The first kappa shape index (κ1) is 30.2. The number of methoxy groups -OCH3 is 1. The molecule has 37 heavy (non-hydrogen) atoms. The van der Waals surface area contributed by atoms with Gasteiger partial charge in [0.05, 0.1) is 19.1 Å². The second-order valence-electron chi connectivity index (χ2n) is 9.20. The fraction of sp³-hybridized carbons (Fsp3) is 0.500. The maximum atomic E-state index is 13.4. The highest BCUT2D eigenvalue weighted by atomic mass is 32.2. The number of anilines is 1. The summed E-state index contributed by atoms with van der Waals surface area (Å²) in [5, 5.41) is 3.01. The Kier molecular flexibility index (Phi) is 11.9. The Morgan fingerprint density at radius 1 is 0.973 bits per heavy atom. The molecule has 0 radical (unpaired) electrons. The van der Waals surface area contributed by atoms with Crippen LogP contribution in [0.5, 0.6) is 5.75 Å². The lowest BCUT2D eigenvalue weighted by Crippen LogP contribution is -2.51. The van der Waals surface area contributed by atoms with Gasteiger partial charge in [-0.1, -0.05) is 44.2 Å². The molecule has 204 valence electrons. The number of benzene rings is 2. The molecule has 2 atom stereocenters. The lowest BCUT2D eigenvalue weighted by atomic mass is 10.1. The molecule has 0 unspecified atom stereocenters. The van der Waals surface area contributed by atoms with E-state index in [2.05, 4.69) is 5.32 Å². The van der Waals surface area contributed by atoms with E-state index in [-0.39, 0.29) is 30.8 Å². The molecule has 1 N–H and O–H groups in total. The molecule has 0 saturated carbocycles. The van der Waals surface area contributed by atoms with E-state index in [4.69, 9.17) is 4.74 Å². The SMILES string of the molecule is CC[C@H](C)NC(=O)[C@H](CC)N(CCc1ccccc1)C(=O)CCCN(c1ccc(OC)cc1)S(C)(=O)=O. The smallest absolute Gasteiger partial charge is 0.243 e. The molecule has 0 bridgehead atoms. The summed E-state index contributed by atoms with van der Waals surface area (Å²) in [6, 6.07) is 16.0. The van der Waals surface area contributed by atoms with Gasteiger partial charge in [0, 0.05) is 25.6 Å². The van der Waals surface area contributed by atoms with Crippen LogP contribution in [0.2, 0.25) is 0 Å². The predicted molar refractivity (Wildman–Crippen MR) is 148 cm³/mol. The summed E-state index contributed by atoms with van der Waals surface area (Å²) in [6.07, 6.45) is 3.52. The molecular formula is C28H41N3O5S. The molecule has 0 aromatic heterocycles. The average molecular weight is 532 g/mol. The van der Waals surface area contributed by atoms with Crippen molar-refractivity contribution in [2.75, 3.05) is 30.8 Å². The number of carbonyl (C=O) groups excluding carboxylic acids is 2. The lowest BCUT2D eigenvalue weighted by molar-refractivity contribution is -0.141. The van der Waals surface area contributed by atoms with E-state index in [1.165, 1.54) is 4.31 Å². The average Bonchev–Trinajstić information content (AvgIpc) is 2.88. The van der Waals surface area contributed by atoms with Gasteiger partial charge in [-0.2, -0.15) is 0 Å². The Balaban J connectivity index is 2.16. The number of nitrogens with zero attached hydrogens (tertiary/aromatic N) is 2. The van der Waals surface area contributed by atoms with Crippen molar-refractivity contribution in [2.45, 2.75) is 65.0 Å². The van der Waals surface area contributed by atoms with Gasteiger partial charge in [-0.3, -0.25) is 13.9 Å². The first-order valence-electron chi connectivity index (χ1n) is 12.9. The maximum Gasteiger partial charge on any atom is 0.243 e. The normalized spacial score (nSPS) is 12.9. The van der Waals surface area contributed by atoms with Gasteiger partial charge in [0.2, 0.25) is 21.8 Å². The highest BCUT2D eigenvalue weighted by Crippen LogP contribution is 2.22. The third-order valence-electron chi connectivity index (χ3n) is 6.38. The van der Waals surface area contributed by atoms with Crippen molar-refractivity contribution in [1.29, 1.82) is 0 Å². The molecule has 0 aliphatic heterocycles. The largest absolute Gasteiger partial charge is 0.497 e. The van der Waals surface area contributed by atoms with E-state index < -0.39 is 16.1 Å². The van der Waals surface area contributed by atoms with Gasteiger partial charge in [-0.15, -0.1) is 0 Å². The molecule has 2 rings (SSSR count). The quantitative estimate of drug-likeness (QED) is 0.375. The highest BCUT2D eigenvalue weighted by Gasteiger charge is 2.29. The number of carbonyl (C=O) groups is 2. The van der Waals surface area contributed by atoms with Gasteiger partial charge < -0.3 is 15.0 Å². The highest BCUT2D eigenvalue weighted by molar-refractivity contribution is 7.92. The summed E-state index contributed by atoms with van der Waals surface area (Å²) in [6.45, 7) is 6.40. The fourth-order valence-electron chi connectivity index (χ4n) is 4.09. The Morgan fingerprint density at radius 3 is 2.16 bits per heavy atom. The summed E-state index contributed by atoms with van der Waals surface area (Å²) >= 11 is 0. The molecule has 0 spiro atoms. The number of amides is 2. The summed E-state index contributed by atoms with van der Waals surface area (Å²) in [5.41, 5.74) is 1.59. The molecule has 2 aromatic carbocycles. The number of hydrogen-bond acceptors (Lipinski definition) is 5. The van der Waals surface area contributed by atoms with E-state index >= 15 is 0 Å². The molecule has 0 heterocycles. The number of ether oxygens (including phenoxy) is 1. The van der Waals surface area contributed by atoms with Crippen LogP contribution in [0.4, 0.5) is 5.69 Å². The Bertz CT molecular complexity index is 1090. The fourth-order valence-corrected chi connectivity index (χ4v) is 5.05. The zero-order chi connectivity index (χ0) is 27.4. The van der Waals surface area contributed by atoms with Crippen molar-refractivity contribution in [3.05, 3.63) is 60.2 Å². The van der Waals surface area contributed by atoms with Gasteiger partial charge >= 0.3 is 0 Å². The second-order valence-corrected chi connectivity index (χ2v) is 11.1. The maximum absolute atomic E-state index is 13.4. The van der Waals surface area contributed by atoms with Crippen molar-refractivity contribution in [3.63, 3.8) is 0 Å². The van der Waals surface area contributed by atoms with Crippen LogP contribution in [0, 0.1) is 0 Å². The van der Waals surface area contributed by atoms with Gasteiger partial charge in [0.15, 0.2) is 0 Å². The molecule has 2 amide bonds. The number of hydrogen-bond donors (Lipinski definition) is 1. The molecule has 8 nitrogen and oxygen atoms in total. The number of rotatable bonds is 15. The monoisotopic (exact) mass is 531 g/mol. The zero-order valence-corrected chi connectivity index (χ0v) is 23.5. The lowest BCUT2D eigenvalue weighted by Gasteiger charge is -2.32. The zero-order valence-electron chi connectivity index (χ0n) is 22.6. The van der Waals surface area contributed by atoms with Crippen molar-refractivity contribution < 1.29 is 22.7 Å². The van der Waals surface area contributed by atoms with Crippen LogP contribution in [-0.2, 0) is 26.0 Å². The van der Waals surface area contributed by atoms with Gasteiger partial charge in [-0.25, -0.2) is 8.42 Å². The second kappa shape index (κ2) is 14.6.